The highest BCUT2D eigenvalue weighted by Gasteiger charge is 2.41. The summed E-state index contributed by atoms with van der Waals surface area (Å²) < 4.78 is 0. The summed E-state index contributed by atoms with van der Waals surface area (Å²) in [5.74, 6) is 0.185. The summed E-state index contributed by atoms with van der Waals surface area (Å²) in [6.07, 6.45) is 5.77. The summed E-state index contributed by atoms with van der Waals surface area (Å²) in [5, 5.41) is 0. The maximum absolute atomic E-state index is 11.6. The molecule has 0 aromatic carbocycles. The number of likely N-dealkylation sites (N-methyl/N-ethyl adjacent to an activating group) is 1. The molecule has 1 fully saturated rings. The molecule has 0 bridgehead atoms. The van der Waals surface area contributed by atoms with Gasteiger partial charge in [0.25, 0.3) is 0 Å². The van der Waals surface area contributed by atoms with Crippen molar-refractivity contribution in [2.24, 2.45) is 0 Å². The summed E-state index contributed by atoms with van der Waals surface area (Å²) in [6, 6.07) is 0. The number of nitrogens with zero attached hydrogens (tertiary/aromatic N) is 1. The Kier molecular flexibility index (Phi) is 2.68. The third-order valence-electron chi connectivity index (χ3n) is 2.93. The molecular formula is C10H17NO. The van der Waals surface area contributed by atoms with E-state index in [1.54, 1.807) is 0 Å². The van der Waals surface area contributed by atoms with Gasteiger partial charge in [0.1, 0.15) is 0 Å². The second-order valence-electron chi connectivity index (χ2n) is 3.70. The molecule has 1 rings (SSSR count). The van der Waals surface area contributed by atoms with Crippen molar-refractivity contribution in [3.8, 4) is 0 Å². The lowest BCUT2D eigenvalue weighted by Crippen LogP contribution is -2.48. The standard InChI is InChI=1S/C10H17NO/c1-4-9(12)10(11(2)3)7-5-6-8-10/h4H,1,5-8H2,2-3H3. The predicted octanol–water partition coefficient (Wildman–Crippen LogP) is 1.62. The van der Waals surface area contributed by atoms with E-state index in [2.05, 4.69) is 6.58 Å². The van der Waals surface area contributed by atoms with Gasteiger partial charge < -0.3 is 0 Å². The number of carbonyl (C=O) groups is 1. The summed E-state index contributed by atoms with van der Waals surface area (Å²) in [4.78, 5) is 13.7. The Morgan fingerprint density at radius 1 is 1.42 bits per heavy atom. The van der Waals surface area contributed by atoms with Crippen LogP contribution in [0.25, 0.3) is 0 Å². The van der Waals surface area contributed by atoms with E-state index in [0.29, 0.717) is 0 Å². The monoisotopic (exact) mass is 167 g/mol. The SMILES string of the molecule is C=CC(=O)C1(N(C)C)CCCC1. The fourth-order valence-electron chi connectivity index (χ4n) is 2.06. The number of ketones is 1. The Bertz CT molecular complexity index is 190. The minimum Gasteiger partial charge on any atom is -0.297 e. The van der Waals surface area contributed by atoms with E-state index in [9.17, 15) is 4.79 Å². The first-order valence-electron chi connectivity index (χ1n) is 4.48. The van der Waals surface area contributed by atoms with Crippen LogP contribution in [0.4, 0.5) is 0 Å². The Balaban J connectivity index is 2.85. The highest BCUT2D eigenvalue weighted by atomic mass is 16.1. The molecule has 0 aliphatic heterocycles. The van der Waals surface area contributed by atoms with Gasteiger partial charge in [-0.3, -0.25) is 9.69 Å². The lowest BCUT2D eigenvalue weighted by molar-refractivity contribution is -0.124. The van der Waals surface area contributed by atoms with Crippen molar-refractivity contribution in [3.05, 3.63) is 12.7 Å². The molecule has 0 radical (unpaired) electrons. The average Bonchev–Trinajstić information content (AvgIpc) is 2.52. The van der Waals surface area contributed by atoms with Gasteiger partial charge in [-0.2, -0.15) is 0 Å². The molecule has 1 aliphatic carbocycles. The first-order chi connectivity index (χ1) is 5.63. The van der Waals surface area contributed by atoms with Crippen LogP contribution in [0.3, 0.4) is 0 Å². The van der Waals surface area contributed by atoms with Gasteiger partial charge in [-0.05, 0) is 33.0 Å². The molecule has 0 unspecified atom stereocenters. The van der Waals surface area contributed by atoms with E-state index < -0.39 is 0 Å². The van der Waals surface area contributed by atoms with Gasteiger partial charge in [0.15, 0.2) is 5.78 Å². The Labute approximate surface area is 74.2 Å². The largest absolute Gasteiger partial charge is 0.297 e. The molecule has 0 heterocycles. The summed E-state index contributed by atoms with van der Waals surface area (Å²) in [6.45, 7) is 3.56. The predicted molar refractivity (Wildman–Crippen MR) is 50.1 cm³/mol. The van der Waals surface area contributed by atoms with Gasteiger partial charge in [0.05, 0.1) is 5.54 Å². The maximum atomic E-state index is 11.6. The van der Waals surface area contributed by atoms with Crippen LogP contribution in [-0.2, 0) is 4.79 Å². The zero-order valence-electron chi connectivity index (χ0n) is 7.97. The summed E-state index contributed by atoms with van der Waals surface area (Å²) >= 11 is 0. The molecule has 0 aromatic rings. The Morgan fingerprint density at radius 2 is 1.92 bits per heavy atom. The first-order valence-corrected chi connectivity index (χ1v) is 4.48. The molecule has 2 nitrogen and oxygen atoms in total. The zero-order valence-corrected chi connectivity index (χ0v) is 7.97. The molecule has 0 atom stereocenters. The van der Waals surface area contributed by atoms with Crippen LogP contribution in [0, 0.1) is 0 Å². The quantitative estimate of drug-likeness (QED) is 0.595. The number of hydrogen-bond donors (Lipinski definition) is 0. The van der Waals surface area contributed by atoms with Crippen molar-refractivity contribution in [2.45, 2.75) is 31.2 Å². The van der Waals surface area contributed by atoms with Crippen molar-refractivity contribution in [3.63, 3.8) is 0 Å². The molecule has 1 aliphatic rings. The first kappa shape index (κ1) is 9.46. The second-order valence-corrected chi connectivity index (χ2v) is 3.70. The van der Waals surface area contributed by atoms with Gasteiger partial charge in [0.2, 0.25) is 0 Å². The van der Waals surface area contributed by atoms with Gasteiger partial charge >= 0.3 is 0 Å². The van der Waals surface area contributed by atoms with Crippen molar-refractivity contribution in [1.82, 2.24) is 4.90 Å². The molecule has 0 aromatic heterocycles. The van der Waals surface area contributed by atoms with Gasteiger partial charge in [0, 0.05) is 0 Å². The van der Waals surface area contributed by atoms with Crippen LogP contribution < -0.4 is 0 Å². The topological polar surface area (TPSA) is 20.3 Å². The lowest BCUT2D eigenvalue weighted by atomic mass is 9.90. The van der Waals surface area contributed by atoms with E-state index in [1.165, 1.54) is 6.08 Å². The summed E-state index contributed by atoms with van der Waals surface area (Å²) in [5.41, 5.74) is -0.220. The van der Waals surface area contributed by atoms with Gasteiger partial charge in [-0.25, -0.2) is 0 Å². The van der Waals surface area contributed by atoms with Gasteiger partial charge in [-0.1, -0.05) is 19.4 Å². The molecule has 0 spiro atoms. The van der Waals surface area contributed by atoms with E-state index in [-0.39, 0.29) is 11.3 Å². The van der Waals surface area contributed by atoms with Gasteiger partial charge in [-0.15, -0.1) is 0 Å². The minimum atomic E-state index is -0.220. The van der Waals surface area contributed by atoms with E-state index in [1.807, 2.05) is 19.0 Å². The molecule has 0 saturated heterocycles. The van der Waals surface area contributed by atoms with Crippen LogP contribution in [0.1, 0.15) is 25.7 Å². The van der Waals surface area contributed by atoms with Crippen LogP contribution in [0.15, 0.2) is 12.7 Å². The molecule has 2 heteroatoms. The molecule has 1 saturated carbocycles. The molecule has 68 valence electrons. The Morgan fingerprint density at radius 3 is 2.25 bits per heavy atom. The Hall–Kier alpha value is -0.630. The highest BCUT2D eigenvalue weighted by molar-refractivity contribution is 5.97. The molecule has 0 amide bonds. The van der Waals surface area contributed by atoms with Crippen LogP contribution in [-0.4, -0.2) is 30.3 Å². The van der Waals surface area contributed by atoms with E-state index >= 15 is 0 Å². The normalized spacial score (nSPS) is 21.2. The fourth-order valence-corrected chi connectivity index (χ4v) is 2.06. The number of hydrogen-bond acceptors (Lipinski definition) is 2. The van der Waals surface area contributed by atoms with Crippen LogP contribution in [0.5, 0.6) is 0 Å². The lowest BCUT2D eigenvalue weighted by Gasteiger charge is -2.33. The summed E-state index contributed by atoms with van der Waals surface area (Å²) in [7, 11) is 3.96. The maximum Gasteiger partial charge on any atom is 0.175 e. The fraction of sp³-hybridized carbons (Fsp3) is 0.700. The van der Waals surface area contributed by atoms with Crippen LogP contribution in [0.2, 0.25) is 0 Å². The van der Waals surface area contributed by atoms with Crippen molar-refractivity contribution >= 4 is 5.78 Å². The second kappa shape index (κ2) is 3.40. The number of carbonyl (C=O) groups excluding carboxylic acids is 1. The molecular weight excluding hydrogens is 150 g/mol. The average molecular weight is 167 g/mol. The van der Waals surface area contributed by atoms with E-state index in [0.717, 1.165) is 25.7 Å². The molecule has 0 N–H and O–H groups in total. The smallest absolute Gasteiger partial charge is 0.175 e. The third kappa shape index (κ3) is 1.31. The molecule has 12 heavy (non-hydrogen) atoms. The van der Waals surface area contributed by atoms with E-state index in [4.69, 9.17) is 0 Å². The van der Waals surface area contributed by atoms with Crippen molar-refractivity contribution in [2.75, 3.05) is 14.1 Å². The van der Waals surface area contributed by atoms with Crippen LogP contribution >= 0.6 is 0 Å². The number of rotatable bonds is 3. The zero-order chi connectivity index (χ0) is 9.19. The van der Waals surface area contributed by atoms with Crippen molar-refractivity contribution in [1.29, 1.82) is 0 Å². The van der Waals surface area contributed by atoms with Crippen molar-refractivity contribution < 1.29 is 4.79 Å². The highest BCUT2D eigenvalue weighted by Crippen LogP contribution is 2.34. The third-order valence-corrected chi connectivity index (χ3v) is 2.93. The minimum absolute atomic E-state index is 0.185.